The number of hydrogen-bond donors (Lipinski definition) is 3. The highest BCUT2D eigenvalue weighted by Gasteiger charge is 2.20. The van der Waals surface area contributed by atoms with E-state index in [-0.39, 0.29) is 28.8 Å². The van der Waals surface area contributed by atoms with Crippen molar-refractivity contribution in [2.75, 3.05) is 18.9 Å². The predicted molar refractivity (Wildman–Crippen MR) is 78.2 cm³/mol. The van der Waals surface area contributed by atoms with E-state index in [9.17, 15) is 13.2 Å². The summed E-state index contributed by atoms with van der Waals surface area (Å²) in [5.41, 5.74) is 11.0. The summed E-state index contributed by atoms with van der Waals surface area (Å²) >= 11 is 0. The highest BCUT2D eigenvalue weighted by Crippen LogP contribution is 2.20. The fraction of sp³-hybridized carbons (Fsp3) is 0.462. The maximum atomic E-state index is 12.2. The van der Waals surface area contributed by atoms with Crippen LogP contribution in [0.4, 0.5) is 5.69 Å². The first-order valence-corrected chi connectivity index (χ1v) is 8.19. The molecule has 0 radical (unpaired) electrons. The van der Waals surface area contributed by atoms with Gasteiger partial charge in [-0.1, -0.05) is 0 Å². The first-order chi connectivity index (χ1) is 9.90. The number of primary amides is 1. The van der Waals surface area contributed by atoms with Crippen LogP contribution in [-0.4, -0.2) is 33.6 Å². The Labute approximate surface area is 123 Å². The van der Waals surface area contributed by atoms with Crippen LogP contribution in [0.1, 0.15) is 29.6 Å². The summed E-state index contributed by atoms with van der Waals surface area (Å²) in [6.45, 7) is 1.02. The molecule has 0 spiro atoms. The SMILES string of the molecule is NC(=O)c1ccc(S(=O)(=O)NCCC2CCCO2)c(N)c1. The summed E-state index contributed by atoms with van der Waals surface area (Å²) in [6, 6.07) is 3.88. The van der Waals surface area contributed by atoms with Crippen LogP contribution in [-0.2, 0) is 14.8 Å². The molecule has 1 fully saturated rings. The van der Waals surface area contributed by atoms with E-state index >= 15 is 0 Å². The van der Waals surface area contributed by atoms with E-state index in [2.05, 4.69) is 4.72 Å². The second kappa shape index (κ2) is 6.42. The van der Waals surface area contributed by atoms with E-state index in [1.807, 2.05) is 0 Å². The van der Waals surface area contributed by atoms with Crippen molar-refractivity contribution in [1.29, 1.82) is 0 Å². The van der Waals surface area contributed by atoms with Gasteiger partial charge in [-0.2, -0.15) is 0 Å². The molecule has 2 rings (SSSR count). The molecule has 0 bridgehead atoms. The summed E-state index contributed by atoms with van der Waals surface area (Å²) in [5, 5.41) is 0. The lowest BCUT2D eigenvalue weighted by Crippen LogP contribution is -2.28. The number of sulfonamides is 1. The zero-order valence-corrected chi connectivity index (χ0v) is 12.4. The average molecular weight is 313 g/mol. The summed E-state index contributed by atoms with van der Waals surface area (Å²) < 4.78 is 32.2. The molecule has 8 heteroatoms. The van der Waals surface area contributed by atoms with Gasteiger partial charge >= 0.3 is 0 Å². The molecule has 1 heterocycles. The smallest absolute Gasteiger partial charge is 0.248 e. The van der Waals surface area contributed by atoms with Crippen molar-refractivity contribution < 1.29 is 17.9 Å². The lowest BCUT2D eigenvalue weighted by atomic mass is 10.2. The number of rotatable bonds is 6. The number of nitrogen functional groups attached to an aromatic ring is 1. The van der Waals surface area contributed by atoms with Crippen molar-refractivity contribution in [3.8, 4) is 0 Å². The molecule has 1 unspecified atom stereocenters. The average Bonchev–Trinajstić information content (AvgIpc) is 2.91. The van der Waals surface area contributed by atoms with Gasteiger partial charge in [-0.3, -0.25) is 4.79 Å². The van der Waals surface area contributed by atoms with E-state index in [1.54, 1.807) is 0 Å². The molecule has 1 aliphatic rings. The van der Waals surface area contributed by atoms with Crippen molar-refractivity contribution in [3.05, 3.63) is 23.8 Å². The molecule has 1 aromatic rings. The largest absolute Gasteiger partial charge is 0.398 e. The molecule has 1 amide bonds. The minimum absolute atomic E-state index is 0.00378. The van der Waals surface area contributed by atoms with Crippen LogP contribution in [0.2, 0.25) is 0 Å². The standard InChI is InChI=1S/C13H19N3O4S/c14-11-8-9(13(15)17)3-4-12(11)21(18,19)16-6-5-10-2-1-7-20-10/h3-4,8,10,16H,1-2,5-7,14H2,(H2,15,17). The fourth-order valence-electron chi connectivity index (χ4n) is 2.25. The van der Waals surface area contributed by atoms with Crippen molar-refractivity contribution >= 4 is 21.6 Å². The van der Waals surface area contributed by atoms with Gasteiger partial charge in [0, 0.05) is 18.7 Å². The first-order valence-electron chi connectivity index (χ1n) is 6.71. The van der Waals surface area contributed by atoms with Crippen LogP contribution in [0.15, 0.2) is 23.1 Å². The minimum atomic E-state index is -3.71. The Morgan fingerprint density at radius 3 is 2.76 bits per heavy atom. The van der Waals surface area contributed by atoms with E-state index in [4.69, 9.17) is 16.2 Å². The van der Waals surface area contributed by atoms with Crippen LogP contribution < -0.4 is 16.2 Å². The lowest BCUT2D eigenvalue weighted by molar-refractivity contribution is 0.1000. The quantitative estimate of drug-likeness (QED) is 0.648. The monoisotopic (exact) mass is 313 g/mol. The molecule has 5 N–H and O–H groups in total. The number of nitrogens with two attached hydrogens (primary N) is 2. The number of hydrogen-bond acceptors (Lipinski definition) is 5. The molecule has 0 aliphatic carbocycles. The van der Waals surface area contributed by atoms with Gasteiger partial charge < -0.3 is 16.2 Å². The van der Waals surface area contributed by atoms with Crippen molar-refractivity contribution in [1.82, 2.24) is 4.72 Å². The Kier molecular flexibility index (Phi) is 4.81. The summed E-state index contributed by atoms with van der Waals surface area (Å²) in [4.78, 5) is 11.0. The number of carbonyl (C=O) groups is 1. The Bertz CT molecular complexity index is 624. The number of nitrogens with one attached hydrogen (secondary N) is 1. The number of carbonyl (C=O) groups excluding carboxylic acids is 1. The Balaban J connectivity index is 2.03. The topological polar surface area (TPSA) is 125 Å². The van der Waals surface area contributed by atoms with Crippen molar-refractivity contribution in [2.45, 2.75) is 30.3 Å². The third-order valence-electron chi connectivity index (χ3n) is 3.37. The lowest BCUT2D eigenvalue weighted by Gasteiger charge is -2.12. The Hall–Kier alpha value is -1.64. The molecule has 0 saturated carbocycles. The summed E-state index contributed by atoms with van der Waals surface area (Å²) in [6.07, 6.45) is 2.71. The number of amides is 1. The fourth-order valence-corrected chi connectivity index (χ4v) is 3.41. The third-order valence-corrected chi connectivity index (χ3v) is 4.90. The van der Waals surface area contributed by atoms with Crippen LogP contribution in [0.5, 0.6) is 0 Å². The first kappa shape index (κ1) is 15.7. The molecule has 21 heavy (non-hydrogen) atoms. The van der Waals surface area contributed by atoms with Gasteiger partial charge in [-0.05, 0) is 37.5 Å². The normalized spacial score (nSPS) is 18.8. The van der Waals surface area contributed by atoms with Gasteiger partial charge in [-0.25, -0.2) is 13.1 Å². The molecular formula is C13H19N3O4S. The second-order valence-corrected chi connectivity index (χ2v) is 6.67. The van der Waals surface area contributed by atoms with Gasteiger partial charge in [0.2, 0.25) is 15.9 Å². The highest BCUT2D eigenvalue weighted by molar-refractivity contribution is 7.89. The van der Waals surface area contributed by atoms with Gasteiger partial charge in [0.05, 0.1) is 11.8 Å². The molecule has 0 aromatic heterocycles. The number of ether oxygens (including phenoxy) is 1. The molecule has 116 valence electrons. The van der Waals surface area contributed by atoms with Crippen LogP contribution in [0, 0.1) is 0 Å². The molecule has 1 atom stereocenters. The van der Waals surface area contributed by atoms with Gasteiger partial charge in [0.15, 0.2) is 0 Å². The maximum absolute atomic E-state index is 12.2. The van der Waals surface area contributed by atoms with Crippen LogP contribution >= 0.6 is 0 Å². The summed E-state index contributed by atoms with van der Waals surface area (Å²) in [7, 11) is -3.71. The number of anilines is 1. The minimum Gasteiger partial charge on any atom is -0.398 e. The molecule has 1 saturated heterocycles. The molecule has 7 nitrogen and oxygen atoms in total. The van der Waals surface area contributed by atoms with Gasteiger partial charge in [0.1, 0.15) is 4.90 Å². The molecule has 1 aliphatic heterocycles. The molecular weight excluding hydrogens is 294 g/mol. The number of benzene rings is 1. The third kappa shape index (κ3) is 3.93. The van der Waals surface area contributed by atoms with Crippen molar-refractivity contribution in [2.24, 2.45) is 5.73 Å². The van der Waals surface area contributed by atoms with Crippen LogP contribution in [0.25, 0.3) is 0 Å². The molecule has 1 aromatic carbocycles. The maximum Gasteiger partial charge on any atom is 0.248 e. The Morgan fingerprint density at radius 2 is 2.19 bits per heavy atom. The highest BCUT2D eigenvalue weighted by atomic mass is 32.2. The summed E-state index contributed by atoms with van der Waals surface area (Å²) in [5.74, 6) is -0.656. The zero-order chi connectivity index (χ0) is 15.5. The van der Waals surface area contributed by atoms with E-state index in [0.717, 1.165) is 19.4 Å². The van der Waals surface area contributed by atoms with Crippen molar-refractivity contribution in [3.63, 3.8) is 0 Å². The predicted octanol–water partition coefficient (Wildman–Crippen LogP) is 0.215. The van der Waals surface area contributed by atoms with Gasteiger partial charge in [-0.15, -0.1) is 0 Å². The van der Waals surface area contributed by atoms with Gasteiger partial charge in [0.25, 0.3) is 0 Å². The van der Waals surface area contributed by atoms with E-state index in [0.29, 0.717) is 6.42 Å². The van der Waals surface area contributed by atoms with E-state index < -0.39 is 15.9 Å². The Morgan fingerprint density at radius 1 is 1.43 bits per heavy atom. The van der Waals surface area contributed by atoms with Crippen LogP contribution in [0.3, 0.4) is 0 Å². The second-order valence-electron chi connectivity index (χ2n) is 4.94. The zero-order valence-electron chi connectivity index (χ0n) is 11.5. The van der Waals surface area contributed by atoms with E-state index in [1.165, 1.54) is 18.2 Å².